The number of rotatable bonds is 3. The molecule has 0 aliphatic rings. The van der Waals surface area contributed by atoms with Crippen molar-refractivity contribution in [2.24, 2.45) is 0 Å². The molecule has 82 valence electrons. The molecule has 1 heterocycles. The van der Waals surface area contributed by atoms with Crippen LogP contribution in [0.5, 0.6) is 11.5 Å². The summed E-state index contributed by atoms with van der Waals surface area (Å²) in [5.41, 5.74) is 0.927. The van der Waals surface area contributed by atoms with E-state index < -0.39 is 0 Å². The van der Waals surface area contributed by atoms with Gasteiger partial charge >= 0.3 is 0 Å². The van der Waals surface area contributed by atoms with Crippen LogP contribution < -0.4 is 4.74 Å². The van der Waals surface area contributed by atoms with E-state index in [1.165, 1.54) is 0 Å². The van der Waals surface area contributed by atoms with Crippen molar-refractivity contribution in [2.45, 2.75) is 5.88 Å². The molecule has 0 saturated carbocycles. The lowest BCUT2D eigenvalue weighted by atomic mass is 10.3. The van der Waals surface area contributed by atoms with Gasteiger partial charge in [0.1, 0.15) is 11.5 Å². The zero-order valence-electron chi connectivity index (χ0n) is 8.36. The quantitative estimate of drug-likeness (QED) is 0.785. The van der Waals surface area contributed by atoms with Gasteiger partial charge in [0.15, 0.2) is 0 Å². The highest BCUT2D eigenvalue weighted by Crippen LogP contribution is 2.27. The van der Waals surface area contributed by atoms with Crippen LogP contribution in [0.4, 0.5) is 0 Å². The number of nitrogens with zero attached hydrogens (tertiary/aromatic N) is 1. The Labute approximate surface area is 107 Å². The molecular formula is C12H9BrClNO. The number of alkyl halides is 1. The van der Waals surface area contributed by atoms with Crippen LogP contribution in [-0.4, -0.2) is 4.98 Å². The SMILES string of the molecule is ClCc1ccncc1Oc1cccc(Br)c1. The van der Waals surface area contributed by atoms with Crippen LogP contribution >= 0.6 is 27.5 Å². The number of benzene rings is 1. The van der Waals surface area contributed by atoms with Crippen LogP contribution in [-0.2, 0) is 5.88 Å². The fourth-order valence-corrected chi connectivity index (χ4v) is 1.87. The maximum absolute atomic E-state index is 5.81. The number of ether oxygens (including phenoxy) is 1. The molecule has 1 aromatic carbocycles. The van der Waals surface area contributed by atoms with Gasteiger partial charge in [-0.1, -0.05) is 22.0 Å². The maximum Gasteiger partial charge on any atom is 0.150 e. The van der Waals surface area contributed by atoms with Gasteiger partial charge in [0.2, 0.25) is 0 Å². The number of aromatic nitrogens is 1. The van der Waals surface area contributed by atoms with Crippen molar-refractivity contribution >= 4 is 27.5 Å². The number of halogens is 2. The smallest absolute Gasteiger partial charge is 0.150 e. The van der Waals surface area contributed by atoms with E-state index in [1.807, 2.05) is 30.3 Å². The van der Waals surface area contributed by atoms with E-state index in [2.05, 4.69) is 20.9 Å². The largest absolute Gasteiger partial charge is 0.455 e. The third-order valence-corrected chi connectivity index (χ3v) is 2.82. The minimum Gasteiger partial charge on any atom is -0.455 e. The summed E-state index contributed by atoms with van der Waals surface area (Å²) in [5.74, 6) is 1.86. The summed E-state index contributed by atoms with van der Waals surface area (Å²) in [6.45, 7) is 0. The number of hydrogen-bond acceptors (Lipinski definition) is 2. The van der Waals surface area contributed by atoms with Crippen molar-refractivity contribution in [1.82, 2.24) is 4.98 Å². The van der Waals surface area contributed by atoms with Gasteiger partial charge in [0.25, 0.3) is 0 Å². The first-order valence-electron chi connectivity index (χ1n) is 4.72. The summed E-state index contributed by atoms with van der Waals surface area (Å²) in [6, 6.07) is 9.48. The van der Waals surface area contributed by atoms with Crippen LogP contribution in [0.15, 0.2) is 47.2 Å². The third-order valence-electron chi connectivity index (χ3n) is 2.04. The van der Waals surface area contributed by atoms with Crippen molar-refractivity contribution in [2.75, 3.05) is 0 Å². The molecule has 2 nitrogen and oxygen atoms in total. The molecule has 0 N–H and O–H groups in total. The monoisotopic (exact) mass is 297 g/mol. The van der Waals surface area contributed by atoms with Gasteiger partial charge in [-0.25, -0.2) is 0 Å². The molecule has 0 aliphatic carbocycles. The molecule has 2 aromatic rings. The zero-order valence-corrected chi connectivity index (χ0v) is 10.7. The molecule has 0 bridgehead atoms. The Morgan fingerprint density at radius 2 is 2.19 bits per heavy atom. The average molecular weight is 299 g/mol. The molecule has 0 fully saturated rings. The minimum atomic E-state index is 0.409. The lowest BCUT2D eigenvalue weighted by Crippen LogP contribution is -1.90. The summed E-state index contributed by atoms with van der Waals surface area (Å²) in [5, 5.41) is 0. The highest BCUT2D eigenvalue weighted by Gasteiger charge is 2.03. The van der Waals surface area contributed by atoms with Gasteiger partial charge in [-0.15, -0.1) is 11.6 Å². The van der Waals surface area contributed by atoms with Crippen LogP contribution in [0.1, 0.15) is 5.56 Å². The number of pyridine rings is 1. The average Bonchev–Trinajstić information content (AvgIpc) is 2.30. The summed E-state index contributed by atoms with van der Waals surface area (Å²) in [7, 11) is 0. The molecule has 0 amide bonds. The zero-order chi connectivity index (χ0) is 11.4. The molecule has 16 heavy (non-hydrogen) atoms. The third kappa shape index (κ3) is 2.74. The standard InChI is InChI=1S/C12H9BrClNO/c13-10-2-1-3-11(6-10)16-12-8-15-5-4-9(12)7-14/h1-6,8H,7H2. The normalized spacial score (nSPS) is 10.1. The molecular weight excluding hydrogens is 289 g/mol. The van der Waals surface area contributed by atoms with Crippen molar-refractivity contribution in [3.8, 4) is 11.5 Å². The fourth-order valence-electron chi connectivity index (χ4n) is 1.27. The molecule has 0 saturated heterocycles. The second kappa shape index (κ2) is 5.32. The Hall–Kier alpha value is -1.06. The van der Waals surface area contributed by atoms with Crippen LogP contribution in [0.25, 0.3) is 0 Å². The summed E-state index contributed by atoms with van der Waals surface area (Å²) < 4.78 is 6.68. The van der Waals surface area contributed by atoms with E-state index in [-0.39, 0.29) is 0 Å². The topological polar surface area (TPSA) is 22.1 Å². The predicted molar refractivity (Wildman–Crippen MR) is 68.0 cm³/mol. The second-order valence-corrected chi connectivity index (χ2v) is 4.36. The van der Waals surface area contributed by atoms with Gasteiger partial charge in [-0.3, -0.25) is 4.98 Å². The van der Waals surface area contributed by atoms with E-state index in [0.29, 0.717) is 11.6 Å². The molecule has 0 spiro atoms. The predicted octanol–water partition coefficient (Wildman–Crippen LogP) is 4.38. The highest BCUT2D eigenvalue weighted by molar-refractivity contribution is 9.10. The van der Waals surface area contributed by atoms with Gasteiger partial charge in [0.05, 0.1) is 12.1 Å². The summed E-state index contributed by atoms with van der Waals surface area (Å²) in [6.07, 6.45) is 3.37. The Balaban J connectivity index is 2.26. The Kier molecular flexibility index (Phi) is 3.80. The summed E-state index contributed by atoms with van der Waals surface area (Å²) in [4.78, 5) is 4.02. The molecule has 2 rings (SSSR count). The number of hydrogen-bond donors (Lipinski definition) is 0. The Bertz CT molecular complexity index is 490. The minimum absolute atomic E-state index is 0.409. The second-order valence-electron chi connectivity index (χ2n) is 3.18. The summed E-state index contributed by atoms with van der Waals surface area (Å²) >= 11 is 9.20. The molecule has 0 aliphatic heterocycles. The lowest BCUT2D eigenvalue weighted by molar-refractivity contribution is 0.475. The Morgan fingerprint density at radius 1 is 1.31 bits per heavy atom. The molecule has 4 heteroatoms. The van der Waals surface area contributed by atoms with E-state index in [9.17, 15) is 0 Å². The first kappa shape index (κ1) is 11.4. The van der Waals surface area contributed by atoms with Crippen LogP contribution in [0.2, 0.25) is 0 Å². The van der Waals surface area contributed by atoms with Crippen LogP contribution in [0.3, 0.4) is 0 Å². The van der Waals surface area contributed by atoms with E-state index >= 15 is 0 Å². The highest BCUT2D eigenvalue weighted by atomic mass is 79.9. The van der Waals surface area contributed by atoms with Gasteiger partial charge in [0, 0.05) is 16.2 Å². The first-order valence-corrected chi connectivity index (χ1v) is 6.04. The van der Waals surface area contributed by atoms with E-state index in [4.69, 9.17) is 16.3 Å². The van der Waals surface area contributed by atoms with Gasteiger partial charge < -0.3 is 4.74 Å². The lowest BCUT2D eigenvalue weighted by Gasteiger charge is -2.08. The van der Waals surface area contributed by atoms with Crippen molar-refractivity contribution in [3.05, 3.63) is 52.8 Å². The Morgan fingerprint density at radius 3 is 2.94 bits per heavy atom. The van der Waals surface area contributed by atoms with E-state index in [1.54, 1.807) is 12.4 Å². The molecule has 1 aromatic heterocycles. The van der Waals surface area contributed by atoms with Crippen molar-refractivity contribution < 1.29 is 4.74 Å². The van der Waals surface area contributed by atoms with Gasteiger partial charge in [-0.05, 0) is 24.3 Å². The van der Waals surface area contributed by atoms with Gasteiger partial charge in [-0.2, -0.15) is 0 Å². The van der Waals surface area contributed by atoms with Crippen molar-refractivity contribution in [1.29, 1.82) is 0 Å². The first-order chi connectivity index (χ1) is 7.79. The van der Waals surface area contributed by atoms with Crippen molar-refractivity contribution in [3.63, 3.8) is 0 Å². The fraction of sp³-hybridized carbons (Fsp3) is 0.0833. The molecule has 0 radical (unpaired) electrons. The maximum atomic E-state index is 5.81. The molecule has 0 atom stereocenters. The van der Waals surface area contributed by atoms with Crippen LogP contribution in [0, 0.1) is 0 Å². The van der Waals surface area contributed by atoms with E-state index in [0.717, 1.165) is 15.8 Å². The molecule has 0 unspecified atom stereocenters.